The van der Waals surface area contributed by atoms with Crippen molar-refractivity contribution in [3.05, 3.63) is 0 Å². The molecule has 0 unspecified atom stereocenters. The molecule has 0 saturated carbocycles. The van der Waals surface area contributed by atoms with Crippen LogP contribution in [0.4, 0.5) is 0 Å². The smallest absolute Gasteiger partial charge is 0.0110 e. The van der Waals surface area contributed by atoms with E-state index < -0.39 is 0 Å². The van der Waals surface area contributed by atoms with Crippen LogP contribution in [0.3, 0.4) is 0 Å². The van der Waals surface area contributed by atoms with Gasteiger partial charge in [0.2, 0.25) is 0 Å². The van der Waals surface area contributed by atoms with Crippen molar-refractivity contribution in [3.8, 4) is 0 Å². The number of nitrogens with zero attached hydrogens (tertiary/aromatic N) is 2. The first kappa shape index (κ1) is 15.9. The Bertz CT molecular complexity index is 208. The molecule has 3 heteroatoms. The second-order valence-electron chi connectivity index (χ2n) is 6.38. The van der Waals surface area contributed by atoms with Crippen LogP contribution < -0.4 is 5.73 Å². The first-order valence-corrected chi connectivity index (χ1v) is 7.70. The maximum atomic E-state index is 6.00. The summed E-state index contributed by atoms with van der Waals surface area (Å²) in [4.78, 5) is 5.22. The third kappa shape index (κ3) is 4.52. The molecule has 1 aliphatic heterocycles. The number of piperazine rings is 1. The fourth-order valence-corrected chi connectivity index (χ4v) is 2.95. The van der Waals surface area contributed by atoms with Crippen molar-refractivity contribution in [2.75, 3.05) is 45.8 Å². The highest BCUT2D eigenvalue weighted by Gasteiger charge is 2.28. The Kier molecular flexibility index (Phi) is 6.61. The summed E-state index contributed by atoms with van der Waals surface area (Å²) in [5, 5.41) is 0. The number of nitrogens with two attached hydrogens (primary N) is 1. The lowest BCUT2D eigenvalue weighted by Crippen LogP contribution is -2.51. The largest absolute Gasteiger partial charge is 0.330 e. The normalized spacial score (nSPS) is 19.7. The lowest BCUT2D eigenvalue weighted by atomic mass is 9.82. The Morgan fingerprint density at radius 3 is 1.89 bits per heavy atom. The predicted octanol–water partition coefficient (Wildman–Crippen LogP) is 2.03. The van der Waals surface area contributed by atoms with Gasteiger partial charge in [-0.1, -0.05) is 27.7 Å². The maximum Gasteiger partial charge on any atom is 0.0110 e. The number of hydrogen-bond donors (Lipinski definition) is 1. The van der Waals surface area contributed by atoms with Crippen LogP contribution in [0.5, 0.6) is 0 Å². The molecule has 1 saturated heterocycles. The minimum atomic E-state index is 0.347. The topological polar surface area (TPSA) is 32.5 Å². The zero-order chi connectivity index (χ0) is 13.6. The highest BCUT2D eigenvalue weighted by molar-refractivity contribution is 4.84. The van der Waals surface area contributed by atoms with Crippen LogP contribution in [0, 0.1) is 11.3 Å². The van der Waals surface area contributed by atoms with Gasteiger partial charge in [-0.25, -0.2) is 0 Å². The molecular formula is C15H33N3. The molecule has 1 rings (SSSR count). The van der Waals surface area contributed by atoms with Crippen LogP contribution in [0.1, 0.15) is 40.5 Å². The van der Waals surface area contributed by atoms with Crippen molar-refractivity contribution >= 4 is 0 Å². The third-order valence-corrected chi connectivity index (χ3v) is 4.58. The summed E-state index contributed by atoms with van der Waals surface area (Å²) < 4.78 is 0. The van der Waals surface area contributed by atoms with Crippen molar-refractivity contribution in [1.29, 1.82) is 0 Å². The molecule has 0 aliphatic carbocycles. The molecule has 0 aromatic carbocycles. The molecule has 0 spiro atoms. The van der Waals surface area contributed by atoms with Gasteiger partial charge in [0.15, 0.2) is 0 Å². The standard InChI is InChI=1S/C15H33N3/c1-5-15(6-2,12-16)13-18-9-7-17(8-10-18)11-14(3)4/h14H,5-13,16H2,1-4H3. The van der Waals surface area contributed by atoms with E-state index in [0.717, 1.165) is 12.5 Å². The van der Waals surface area contributed by atoms with Crippen LogP contribution in [0.25, 0.3) is 0 Å². The van der Waals surface area contributed by atoms with Gasteiger partial charge in [0.1, 0.15) is 0 Å². The average molecular weight is 255 g/mol. The van der Waals surface area contributed by atoms with Crippen molar-refractivity contribution in [2.24, 2.45) is 17.1 Å². The van der Waals surface area contributed by atoms with Crippen molar-refractivity contribution in [3.63, 3.8) is 0 Å². The molecule has 0 amide bonds. The Morgan fingerprint density at radius 2 is 1.50 bits per heavy atom. The Morgan fingerprint density at radius 1 is 1.00 bits per heavy atom. The van der Waals surface area contributed by atoms with E-state index in [-0.39, 0.29) is 0 Å². The summed E-state index contributed by atoms with van der Waals surface area (Å²) in [6.45, 7) is 17.3. The summed E-state index contributed by atoms with van der Waals surface area (Å²) in [5.74, 6) is 0.783. The summed E-state index contributed by atoms with van der Waals surface area (Å²) in [5.41, 5.74) is 6.35. The van der Waals surface area contributed by atoms with Gasteiger partial charge in [-0.05, 0) is 30.7 Å². The van der Waals surface area contributed by atoms with Gasteiger partial charge in [0.05, 0.1) is 0 Å². The Labute approximate surface area is 114 Å². The zero-order valence-corrected chi connectivity index (χ0v) is 12.9. The van der Waals surface area contributed by atoms with E-state index in [1.807, 2.05) is 0 Å². The summed E-state index contributed by atoms with van der Waals surface area (Å²) in [6, 6.07) is 0. The summed E-state index contributed by atoms with van der Waals surface area (Å²) in [7, 11) is 0. The van der Waals surface area contributed by atoms with Gasteiger partial charge in [-0.15, -0.1) is 0 Å². The predicted molar refractivity (Wildman–Crippen MR) is 79.8 cm³/mol. The molecule has 0 radical (unpaired) electrons. The number of hydrogen-bond acceptors (Lipinski definition) is 3. The van der Waals surface area contributed by atoms with Gasteiger partial charge in [-0.3, -0.25) is 0 Å². The average Bonchev–Trinajstić information content (AvgIpc) is 2.38. The van der Waals surface area contributed by atoms with E-state index in [9.17, 15) is 0 Å². The SMILES string of the molecule is CCC(CC)(CN)CN1CCN(CC(C)C)CC1. The third-order valence-electron chi connectivity index (χ3n) is 4.58. The van der Waals surface area contributed by atoms with E-state index in [4.69, 9.17) is 5.73 Å². The molecule has 3 nitrogen and oxygen atoms in total. The highest BCUT2D eigenvalue weighted by Crippen LogP contribution is 2.26. The van der Waals surface area contributed by atoms with Gasteiger partial charge in [0.25, 0.3) is 0 Å². The van der Waals surface area contributed by atoms with Crippen LogP contribution in [0.15, 0.2) is 0 Å². The molecule has 0 bridgehead atoms. The van der Waals surface area contributed by atoms with Crippen LogP contribution >= 0.6 is 0 Å². The number of rotatable bonds is 7. The van der Waals surface area contributed by atoms with Crippen molar-refractivity contribution in [2.45, 2.75) is 40.5 Å². The molecule has 0 aromatic heterocycles. The second-order valence-corrected chi connectivity index (χ2v) is 6.38. The molecule has 0 aromatic rings. The summed E-state index contributed by atoms with van der Waals surface area (Å²) in [6.07, 6.45) is 2.40. The minimum absolute atomic E-state index is 0.347. The van der Waals surface area contributed by atoms with Gasteiger partial charge in [0, 0.05) is 39.3 Å². The van der Waals surface area contributed by atoms with E-state index >= 15 is 0 Å². The fourth-order valence-electron chi connectivity index (χ4n) is 2.95. The molecule has 1 fully saturated rings. The lowest BCUT2D eigenvalue weighted by molar-refractivity contribution is 0.0774. The van der Waals surface area contributed by atoms with Crippen molar-refractivity contribution < 1.29 is 0 Å². The molecule has 108 valence electrons. The molecule has 1 aliphatic rings. The van der Waals surface area contributed by atoms with Gasteiger partial charge >= 0.3 is 0 Å². The fraction of sp³-hybridized carbons (Fsp3) is 1.00. The van der Waals surface area contributed by atoms with Crippen LogP contribution in [-0.4, -0.2) is 55.6 Å². The quantitative estimate of drug-likeness (QED) is 0.755. The maximum absolute atomic E-state index is 6.00. The zero-order valence-electron chi connectivity index (χ0n) is 12.9. The van der Waals surface area contributed by atoms with E-state index in [2.05, 4.69) is 37.5 Å². The molecule has 1 heterocycles. The van der Waals surface area contributed by atoms with Crippen LogP contribution in [0.2, 0.25) is 0 Å². The first-order chi connectivity index (χ1) is 8.55. The van der Waals surface area contributed by atoms with Crippen LogP contribution in [-0.2, 0) is 0 Å². The monoisotopic (exact) mass is 255 g/mol. The van der Waals surface area contributed by atoms with E-state index in [1.54, 1.807) is 0 Å². The molecule has 18 heavy (non-hydrogen) atoms. The highest BCUT2D eigenvalue weighted by atomic mass is 15.3. The van der Waals surface area contributed by atoms with E-state index in [1.165, 1.54) is 52.1 Å². The second kappa shape index (κ2) is 7.46. The van der Waals surface area contributed by atoms with Gasteiger partial charge < -0.3 is 15.5 Å². The summed E-state index contributed by atoms with van der Waals surface area (Å²) >= 11 is 0. The lowest BCUT2D eigenvalue weighted by Gasteiger charge is -2.41. The minimum Gasteiger partial charge on any atom is -0.330 e. The van der Waals surface area contributed by atoms with E-state index in [0.29, 0.717) is 5.41 Å². The van der Waals surface area contributed by atoms with Gasteiger partial charge in [-0.2, -0.15) is 0 Å². The Hall–Kier alpha value is -0.120. The Balaban J connectivity index is 2.38. The molecule has 0 atom stereocenters. The molecule has 2 N–H and O–H groups in total. The van der Waals surface area contributed by atoms with Crippen molar-refractivity contribution in [1.82, 2.24) is 9.80 Å². The molecular weight excluding hydrogens is 222 g/mol. The first-order valence-electron chi connectivity index (χ1n) is 7.70.